The van der Waals surface area contributed by atoms with Crippen LogP contribution in [0.2, 0.25) is 0 Å². The molecule has 4 rings (SSSR count). The second kappa shape index (κ2) is 7.53. The van der Waals surface area contributed by atoms with Crippen LogP contribution in [0.3, 0.4) is 0 Å². The van der Waals surface area contributed by atoms with Gasteiger partial charge in [-0.2, -0.15) is 0 Å². The Morgan fingerprint density at radius 1 is 1.28 bits per heavy atom. The molecule has 0 fully saturated rings. The Balaban J connectivity index is 1.38. The van der Waals surface area contributed by atoms with E-state index in [0.717, 1.165) is 23.2 Å². The Kier molecular flexibility index (Phi) is 5.06. The van der Waals surface area contributed by atoms with E-state index in [1.807, 2.05) is 36.2 Å². The summed E-state index contributed by atoms with van der Waals surface area (Å²) in [5.41, 5.74) is 4.05. The van der Waals surface area contributed by atoms with E-state index in [2.05, 4.69) is 16.4 Å². The highest BCUT2D eigenvalue weighted by Gasteiger charge is 2.28. The fourth-order valence-electron chi connectivity index (χ4n) is 3.98. The molecule has 1 aromatic heterocycles. The van der Waals surface area contributed by atoms with Gasteiger partial charge in [0.1, 0.15) is 0 Å². The molecule has 1 atom stereocenters. The summed E-state index contributed by atoms with van der Waals surface area (Å²) < 4.78 is 23.1. The smallest absolute Gasteiger partial charge is 0.239 e. The van der Waals surface area contributed by atoms with Crippen molar-refractivity contribution in [1.82, 2.24) is 10.3 Å². The molecule has 0 saturated carbocycles. The molecule has 0 unspecified atom stereocenters. The van der Waals surface area contributed by atoms with Gasteiger partial charge in [0.15, 0.2) is 0 Å². The van der Waals surface area contributed by atoms with Crippen LogP contribution in [0, 0.1) is 0 Å². The van der Waals surface area contributed by atoms with Crippen LogP contribution in [-0.2, 0) is 27.7 Å². The van der Waals surface area contributed by atoms with Crippen LogP contribution in [0.1, 0.15) is 18.1 Å². The van der Waals surface area contributed by atoms with Gasteiger partial charge in [-0.05, 0) is 55.2 Å². The van der Waals surface area contributed by atoms with Gasteiger partial charge >= 0.3 is 0 Å². The van der Waals surface area contributed by atoms with E-state index in [1.54, 1.807) is 12.1 Å². The van der Waals surface area contributed by atoms with Crippen molar-refractivity contribution in [2.45, 2.75) is 30.7 Å². The number of anilines is 1. The Hall–Kier alpha value is -2.84. The van der Waals surface area contributed by atoms with E-state index in [9.17, 15) is 13.2 Å². The zero-order valence-corrected chi connectivity index (χ0v) is 17.0. The van der Waals surface area contributed by atoms with Gasteiger partial charge in [0, 0.05) is 35.4 Å². The molecule has 0 saturated heterocycles. The van der Waals surface area contributed by atoms with Gasteiger partial charge in [0.05, 0.1) is 11.4 Å². The molecule has 7 nitrogen and oxygen atoms in total. The van der Waals surface area contributed by atoms with Crippen molar-refractivity contribution >= 4 is 32.5 Å². The van der Waals surface area contributed by atoms with Crippen LogP contribution in [0.4, 0.5) is 5.69 Å². The highest BCUT2D eigenvalue weighted by molar-refractivity contribution is 7.89. The lowest BCUT2D eigenvalue weighted by atomic mass is 10.1. The summed E-state index contributed by atoms with van der Waals surface area (Å²) in [7, 11) is -3.73. The standard InChI is InChI=1S/C21H24N4O3S/c1-14-10-16-11-17(29(22,27)28)6-7-20(16)25(14)13-21(26)23-9-8-15-12-24-19-5-3-2-4-18(15)19/h2-7,11-12,14,24H,8-10,13H2,1H3,(H,23,26)(H2,22,27,28)/t14-/m0/s1. The Labute approximate surface area is 169 Å². The molecule has 3 aromatic rings. The molecule has 29 heavy (non-hydrogen) atoms. The number of hydrogen-bond acceptors (Lipinski definition) is 4. The number of sulfonamides is 1. The number of amides is 1. The minimum Gasteiger partial charge on any atom is -0.361 e. The number of H-pyrrole nitrogens is 1. The van der Waals surface area contributed by atoms with Crippen molar-refractivity contribution in [1.29, 1.82) is 0 Å². The Morgan fingerprint density at radius 2 is 2.07 bits per heavy atom. The average Bonchev–Trinajstić information content (AvgIpc) is 3.22. The molecule has 2 aromatic carbocycles. The molecule has 1 amide bonds. The number of nitrogens with one attached hydrogen (secondary N) is 2. The number of nitrogens with two attached hydrogens (primary N) is 1. The molecular formula is C21H24N4O3S. The first-order chi connectivity index (χ1) is 13.8. The molecule has 8 heteroatoms. The number of fused-ring (bicyclic) bond motifs is 2. The van der Waals surface area contributed by atoms with E-state index >= 15 is 0 Å². The number of primary sulfonamides is 1. The van der Waals surface area contributed by atoms with Crippen LogP contribution >= 0.6 is 0 Å². The second-order valence-electron chi connectivity index (χ2n) is 7.48. The Bertz CT molecular complexity index is 1170. The summed E-state index contributed by atoms with van der Waals surface area (Å²) in [5, 5.41) is 9.39. The zero-order chi connectivity index (χ0) is 20.6. The summed E-state index contributed by atoms with van der Waals surface area (Å²) >= 11 is 0. The van der Waals surface area contributed by atoms with Gasteiger partial charge in [-0.15, -0.1) is 0 Å². The van der Waals surface area contributed by atoms with Crippen LogP contribution < -0.4 is 15.4 Å². The second-order valence-corrected chi connectivity index (χ2v) is 9.04. The van der Waals surface area contributed by atoms with Gasteiger partial charge in [-0.25, -0.2) is 13.6 Å². The number of aromatic amines is 1. The van der Waals surface area contributed by atoms with Gasteiger partial charge in [-0.1, -0.05) is 18.2 Å². The Morgan fingerprint density at radius 3 is 2.86 bits per heavy atom. The predicted molar refractivity (Wildman–Crippen MR) is 113 cm³/mol. The predicted octanol–water partition coefficient (Wildman–Crippen LogP) is 1.93. The number of rotatable bonds is 6. The minimum absolute atomic E-state index is 0.0555. The van der Waals surface area contributed by atoms with E-state index in [-0.39, 0.29) is 23.4 Å². The molecule has 152 valence electrons. The lowest BCUT2D eigenvalue weighted by molar-refractivity contribution is -0.119. The number of aromatic nitrogens is 1. The molecular weight excluding hydrogens is 388 g/mol. The van der Waals surface area contributed by atoms with Crippen LogP contribution in [-0.4, -0.2) is 38.4 Å². The largest absolute Gasteiger partial charge is 0.361 e. The van der Waals surface area contributed by atoms with E-state index < -0.39 is 10.0 Å². The van der Waals surface area contributed by atoms with Crippen molar-refractivity contribution in [2.24, 2.45) is 5.14 Å². The fourth-order valence-corrected chi connectivity index (χ4v) is 4.54. The van der Waals surface area contributed by atoms with E-state index in [4.69, 9.17) is 5.14 Å². The van der Waals surface area contributed by atoms with Crippen LogP contribution in [0.15, 0.2) is 53.6 Å². The summed E-state index contributed by atoms with van der Waals surface area (Å²) in [4.78, 5) is 17.8. The number of hydrogen-bond donors (Lipinski definition) is 3. The molecule has 0 spiro atoms. The van der Waals surface area contributed by atoms with Crippen LogP contribution in [0.5, 0.6) is 0 Å². The fraction of sp³-hybridized carbons (Fsp3) is 0.286. The third kappa shape index (κ3) is 3.99. The van der Waals surface area contributed by atoms with Crippen molar-refractivity contribution < 1.29 is 13.2 Å². The first-order valence-corrected chi connectivity index (χ1v) is 11.1. The minimum atomic E-state index is -3.73. The molecule has 2 heterocycles. The highest BCUT2D eigenvalue weighted by atomic mass is 32.2. The average molecular weight is 413 g/mol. The summed E-state index contributed by atoms with van der Waals surface area (Å²) in [5.74, 6) is -0.0555. The summed E-state index contributed by atoms with van der Waals surface area (Å²) in [6.07, 6.45) is 3.42. The summed E-state index contributed by atoms with van der Waals surface area (Å²) in [6.45, 7) is 2.81. The number of para-hydroxylation sites is 1. The molecule has 0 radical (unpaired) electrons. The van der Waals surface area contributed by atoms with E-state index in [1.165, 1.54) is 17.0 Å². The third-order valence-corrected chi connectivity index (χ3v) is 6.35. The van der Waals surface area contributed by atoms with Gasteiger partial charge in [0.2, 0.25) is 15.9 Å². The number of nitrogens with zero attached hydrogens (tertiary/aromatic N) is 1. The molecule has 1 aliphatic heterocycles. The van der Waals surface area contributed by atoms with Gasteiger partial charge < -0.3 is 15.2 Å². The van der Waals surface area contributed by atoms with Crippen molar-refractivity contribution in [3.8, 4) is 0 Å². The molecule has 1 aliphatic rings. The highest BCUT2D eigenvalue weighted by Crippen LogP contribution is 2.33. The first-order valence-electron chi connectivity index (χ1n) is 9.57. The number of carbonyl (C=O) groups excluding carboxylic acids is 1. The third-order valence-electron chi connectivity index (χ3n) is 5.44. The monoisotopic (exact) mass is 412 g/mol. The topological polar surface area (TPSA) is 108 Å². The normalized spacial score (nSPS) is 16.2. The SMILES string of the molecule is C[C@H]1Cc2cc(S(N)(=O)=O)ccc2N1CC(=O)NCCc1c[nH]c2ccccc12. The summed E-state index contributed by atoms with van der Waals surface area (Å²) in [6, 6.07) is 13.0. The first kappa shape index (κ1) is 19.5. The maximum atomic E-state index is 12.5. The van der Waals surface area contributed by atoms with Gasteiger partial charge in [0.25, 0.3) is 0 Å². The van der Waals surface area contributed by atoms with E-state index in [0.29, 0.717) is 13.0 Å². The zero-order valence-electron chi connectivity index (χ0n) is 16.2. The number of benzene rings is 2. The molecule has 0 bridgehead atoms. The maximum Gasteiger partial charge on any atom is 0.239 e. The lowest BCUT2D eigenvalue weighted by Crippen LogP contribution is -2.40. The van der Waals surface area contributed by atoms with Crippen molar-refractivity contribution in [3.63, 3.8) is 0 Å². The molecule has 4 N–H and O–H groups in total. The van der Waals surface area contributed by atoms with Crippen molar-refractivity contribution in [3.05, 3.63) is 59.8 Å². The van der Waals surface area contributed by atoms with Gasteiger partial charge in [-0.3, -0.25) is 4.79 Å². The quantitative estimate of drug-likeness (QED) is 0.575. The lowest BCUT2D eigenvalue weighted by Gasteiger charge is -2.24. The molecule has 0 aliphatic carbocycles. The van der Waals surface area contributed by atoms with Crippen LogP contribution in [0.25, 0.3) is 10.9 Å². The number of carbonyl (C=O) groups is 1. The van der Waals surface area contributed by atoms with Crippen molar-refractivity contribution in [2.75, 3.05) is 18.0 Å². The maximum absolute atomic E-state index is 12.5.